The van der Waals surface area contributed by atoms with Crippen molar-refractivity contribution < 1.29 is 24.2 Å². The maximum atomic E-state index is 14.1. The molecule has 3 saturated heterocycles. The fourth-order valence-corrected chi connectivity index (χ4v) is 6.62. The smallest absolute Gasteiger partial charge is 0.248 e. The quantitative estimate of drug-likeness (QED) is 0.401. The molecule has 3 amide bonds. The molecule has 3 aliphatic rings. The zero-order valence-corrected chi connectivity index (χ0v) is 21.9. The lowest BCUT2D eigenvalue weighted by atomic mass is 9.64. The molecule has 2 unspecified atom stereocenters. The van der Waals surface area contributed by atoms with Crippen molar-refractivity contribution in [2.45, 2.75) is 83.1 Å². The summed E-state index contributed by atoms with van der Waals surface area (Å²) in [5.41, 5.74) is -1.80. The molecule has 3 rings (SSSR count). The lowest BCUT2D eigenvalue weighted by Gasteiger charge is -2.38. The van der Waals surface area contributed by atoms with Crippen LogP contribution in [0.2, 0.25) is 0 Å². The number of hydrogen-bond donors (Lipinski definition) is 1. The Morgan fingerprint density at radius 3 is 2.43 bits per heavy atom. The highest BCUT2D eigenvalue weighted by Gasteiger charge is 2.79. The minimum Gasteiger partial charge on any atom is -0.396 e. The van der Waals surface area contributed by atoms with Crippen LogP contribution in [-0.4, -0.2) is 93.6 Å². The summed E-state index contributed by atoms with van der Waals surface area (Å²) in [5.74, 6) is -1.82. The third-order valence-corrected chi connectivity index (χ3v) is 8.12. The van der Waals surface area contributed by atoms with E-state index in [1.54, 1.807) is 26.9 Å². The number of rotatable bonds is 13. The molecule has 1 spiro atoms. The van der Waals surface area contributed by atoms with E-state index in [0.717, 1.165) is 6.42 Å². The molecular formula is C27H43N3O5. The van der Waals surface area contributed by atoms with Crippen molar-refractivity contribution >= 4 is 17.7 Å². The molecule has 0 aromatic rings. The SMILES string of the molecule is C=CCN(CCC)C(=O)[C@H]1[C@H]2C(=O)N(CCCO)C(C(=O)N(CC=C)C(C)C)C23CC[C@]1(CC)O3. The predicted molar refractivity (Wildman–Crippen MR) is 134 cm³/mol. The molecule has 8 nitrogen and oxygen atoms in total. The van der Waals surface area contributed by atoms with Crippen molar-refractivity contribution in [1.29, 1.82) is 0 Å². The highest BCUT2D eigenvalue weighted by atomic mass is 16.5. The molecule has 35 heavy (non-hydrogen) atoms. The van der Waals surface area contributed by atoms with Gasteiger partial charge in [0.2, 0.25) is 17.7 Å². The number of hydrogen-bond acceptors (Lipinski definition) is 5. The van der Waals surface area contributed by atoms with Crippen molar-refractivity contribution in [3.05, 3.63) is 25.3 Å². The van der Waals surface area contributed by atoms with E-state index in [9.17, 15) is 19.5 Å². The van der Waals surface area contributed by atoms with E-state index in [-0.39, 0.29) is 36.9 Å². The first kappa shape index (κ1) is 27.4. The van der Waals surface area contributed by atoms with Gasteiger partial charge < -0.3 is 24.5 Å². The van der Waals surface area contributed by atoms with E-state index in [4.69, 9.17) is 4.74 Å². The van der Waals surface area contributed by atoms with Crippen LogP contribution in [0.5, 0.6) is 0 Å². The molecule has 0 radical (unpaired) electrons. The summed E-state index contributed by atoms with van der Waals surface area (Å²) in [6.07, 6.45) is 6.35. The van der Waals surface area contributed by atoms with E-state index in [1.165, 1.54) is 0 Å². The zero-order valence-electron chi connectivity index (χ0n) is 21.9. The predicted octanol–water partition coefficient (Wildman–Crippen LogP) is 2.37. The van der Waals surface area contributed by atoms with E-state index in [2.05, 4.69) is 13.2 Å². The fourth-order valence-electron chi connectivity index (χ4n) is 6.62. The van der Waals surface area contributed by atoms with Crippen LogP contribution in [0.15, 0.2) is 25.3 Å². The number of fused-ring (bicyclic) bond motifs is 1. The van der Waals surface area contributed by atoms with E-state index < -0.39 is 29.1 Å². The summed E-state index contributed by atoms with van der Waals surface area (Å²) in [6, 6.07) is -0.909. The van der Waals surface area contributed by atoms with Crippen molar-refractivity contribution in [2.75, 3.05) is 32.8 Å². The van der Waals surface area contributed by atoms with Gasteiger partial charge in [0.15, 0.2) is 0 Å². The number of amides is 3. The molecule has 8 heteroatoms. The number of nitrogens with zero attached hydrogens (tertiary/aromatic N) is 3. The molecule has 3 fully saturated rings. The van der Waals surface area contributed by atoms with E-state index in [0.29, 0.717) is 45.3 Å². The number of likely N-dealkylation sites (tertiary alicyclic amines) is 1. The van der Waals surface area contributed by atoms with Crippen LogP contribution in [-0.2, 0) is 19.1 Å². The summed E-state index contributed by atoms with van der Waals surface area (Å²) < 4.78 is 6.81. The molecular weight excluding hydrogens is 446 g/mol. The van der Waals surface area contributed by atoms with Crippen LogP contribution >= 0.6 is 0 Å². The Morgan fingerprint density at radius 2 is 1.89 bits per heavy atom. The maximum absolute atomic E-state index is 14.1. The first-order valence-electron chi connectivity index (χ1n) is 13.1. The highest BCUT2D eigenvalue weighted by molar-refractivity contribution is 5.99. The first-order chi connectivity index (χ1) is 16.7. The standard InChI is InChI=1S/C27H43N3O5/c1-7-14-28(15-8-2)23(32)20-21-24(33)30(17-11-18-31)22(25(34)29(16-9-3)19(5)6)27(21)13-12-26(20,10-4)35-27/h7,9,19-22,31H,1,3,8,10-18H2,2,4-6H3/t20-,21+,22?,26+,27?/m1/s1. The summed E-state index contributed by atoms with van der Waals surface area (Å²) in [5, 5.41) is 9.51. The Balaban J connectivity index is 2.11. The highest BCUT2D eigenvalue weighted by Crippen LogP contribution is 2.64. The molecule has 0 aromatic carbocycles. The summed E-state index contributed by atoms with van der Waals surface area (Å²) >= 11 is 0. The van der Waals surface area contributed by atoms with Crippen molar-refractivity contribution in [1.82, 2.24) is 14.7 Å². The third kappa shape index (κ3) is 4.33. The molecule has 2 bridgehead atoms. The Bertz CT molecular complexity index is 845. The van der Waals surface area contributed by atoms with Gasteiger partial charge in [-0.1, -0.05) is 26.0 Å². The molecule has 5 atom stereocenters. The van der Waals surface area contributed by atoms with Crippen molar-refractivity contribution in [3.8, 4) is 0 Å². The van der Waals surface area contributed by atoms with Gasteiger partial charge in [-0.15, -0.1) is 13.2 Å². The van der Waals surface area contributed by atoms with Gasteiger partial charge in [-0.3, -0.25) is 14.4 Å². The summed E-state index contributed by atoms with van der Waals surface area (Å²) in [7, 11) is 0. The molecule has 0 aliphatic carbocycles. The van der Waals surface area contributed by atoms with Crippen LogP contribution in [0.1, 0.15) is 59.8 Å². The lowest BCUT2D eigenvalue weighted by Crippen LogP contribution is -2.57. The van der Waals surface area contributed by atoms with Crippen LogP contribution in [0.4, 0.5) is 0 Å². The fraction of sp³-hybridized carbons (Fsp3) is 0.741. The van der Waals surface area contributed by atoms with Gasteiger partial charge >= 0.3 is 0 Å². The number of aliphatic hydroxyl groups is 1. The van der Waals surface area contributed by atoms with Crippen LogP contribution in [0.25, 0.3) is 0 Å². The zero-order chi connectivity index (χ0) is 26.0. The second-order valence-corrected chi connectivity index (χ2v) is 10.4. The van der Waals surface area contributed by atoms with Gasteiger partial charge in [0.25, 0.3) is 0 Å². The minimum absolute atomic E-state index is 0.0875. The second-order valence-electron chi connectivity index (χ2n) is 10.4. The van der Waals surface area contributed by atoms with Crippen LogP contribution in [0.3, 0.4) is 0 Å². The normalized spacial score (nSPS) is 31.1. The van der Waals surface area contributed by atoms with Gasteiger partial charge in [-0.2, -0.15) is 0 Å². The Kier molecular flexibility index (Phi) is 8.48. The van der Waals surface area contributed by atoms with Crippen LogP contribution < -0.4 is 0 Å². The Hall–Kier alpha value is -2.19. The lowest BCUT2D eigenvalue weighted by molar-refractivity contribution is -0.155. The topological polar surface area (TPSA) is 90.4 Å². The third-order valence-electron chi connectivity index (χ3n) is 8.12. The number of carbonyl (C=O) groups excluding carboxylic acids is 3. The molecule has 196 valence electrons. The maximum Gasteiger partial charge on any atom is 0.248 e. The van der Waals surface area contributed by atoms with Crippen molar-refractivity contribution in [3.63, 3.8) is 0 Å². The van der Waals surface area contributed by atoms with Gasteiger partial charge in [0.05, 0.1) is 17.4 Å². The number of ether oxygens (including phenoxy) is 1. The first-order valence-corrected chi connectivity index (χ1v) is 13.1. The van der Waals surface area contributed by atoms with Gasteiger partial charge in [-0.05, 0) is 46.0 Å². The van der Waals surface area contributed by atoms with Crippen molar-refractivity contribution in [2.24, 2.45) is 11.8 Å². The Labute approximate surface area is 210 Å². The van der Waals surface area contributed by atoms with E-state index in [1.807, 2.05) is 27.7 Å². The second kappa shape index (κ2) is 10.8. The molecule has 0 aromatic heterocycles. The molecule has 0 saturated carbocycles. The average Bonchev–Trinajstić information content (AvgIpc) is 3.43. The molecule has 3 aliphatic heterocycles. The summed E-state index contributed by atoms with van der Waals surface area (Å²) in [4.78, 5) is 47.2. The van der Waals surface area contributed by atoms with Gasteiger partial charge in [0.1, 0.15) is 11.6 Å². The molecule has 1 N–H and O–H groups in total. The van der Waals surface area contributed by atoms with Gasteiger partial charge in [-0.25, -0.2) is 0 Å². The number of carbonyl (C=O) groups is 3. The average molecular weight is 490 g/mol. The monoisotopic (exact) mass is 489 g/mol. The number of aliphatic hydroxyl groups excluding tert-OH is 1. The minimum atomic E-state index is -1.04. The van der Waals surface area contributed by atoms with Crippen LogP contribution in [0, 0.1) is 11.8 Å². The molecule has 3 heterocycles. The Morgan fingerprint density at radius 1 is 1.20 bits per heavy atom. The summed E-state index contributed by atoms with van der Waals surface area (Å²) in [6.45, 7) is 17.0. The van der Waals surface area contributed by atoms with E-state index >= 15 is 0 Å². The van der Waals surface area contributed by atoms with Gasteiger partial charge in [0, 0.05) is 38.8 Å². The largest absolute Gasteiger partial charge is 0.396 e.